The van der Waals surface area contributed by atoms with Crippen molar-refractivity contribution in [1.82, 2.24) is 14.9 Å². The van der Waals surface area contributed by atoms with Crippen LogP contribution in [-0.4, -0.2) is 9.61 Å². The second kappa shape index (κ2) is 6.10. The van der Waals surface area contributed by atoms with Crippen molar-refractivity contribution in [2.75, 3.05) is 0 Å². The van der Waals surface area contributed by atoms with Crippen LogP contribution in [0.1, 0.15) is 31.0 Å². The molecule has 0 aliphatic heterocycles. The summed E-state index contributed by atoms with van der Waals surface area (Å²) >= 11 is 0. The van der Waals surface area contributed by atoms with Crippen molar-refractivity contribution in [1.29, 1.82) is 0 Å². The van der Waals surface area contributed by atoms with E-state index in [1.807, 2.05) is 23.0 Å². The Hall–Kier alpha value is -2.13. The zero-order valence-corrected chi connectivity index (χ0v) is 12.5. The van der Waals surface area contributed by atoms with Crippen molar-refractivity contribution in [3.63, 3.8) is 0 Å². The highest BCUT2D eigenvalue weighted by molar-refractivity contribution is 5.53. The number of rotatable bonds is 5. The lowest BCUT2D eigenvalue weighted by Crippen LogP contribution is -2.25. The van der Waals surface area contributed by atoms with E-state index < -0.39 is 0 Å². The minimum atomic E-state index is 0.352. The molecule has 0 bridgehead atoms. The minimum Gasteiger partial charge on any atom is -0.305 e. The molecule has 1 unspecified atom stereocenters. The van der Waals surface area contributed by atoms with E-state index in [1.54, 1.807) is 0 Å². The minimum absolute atomic E-state index is 0.352. The third-order valence-electron chi connectivity index (χ3n) is 3.84. The van der Waals surface area contributed by atoms with Gasteiger partial charge in [0.25, 0.3) is 0 Å². The van der Waals surface area contributed by atoms with Crippen LogP contribution < -0.4 is 5.32 Å². The van der Waals surface area contributed by atoms with Crippen molar-refractivity contribution in [3.8, 4) is 0 Å². The summed E-state index contributed by atoms with van der Waals surface area (Å²) in [6.45, 7) is 5.33. The average molecular weight is 279 g/mol. The Morgan fingerprint density at radius 3 is 2.57 bits per heavy atom. The van der Waals surface area contributed by atoms with Gasteiger partial charge in [-0.15, -0.1) is 0 Å². The van der Waals surface area contributed by atoms with E-state index in [1.165, 1.54) is 16.6 Å². The highest BCUT2D eigenvalue weighted by Gasteiger charge is 2.15. The van der Waals surface area contributed by atoms with Gasteiger partial charge in [0.2, 0.25) is 0 Å². The predicted molar refractivity (Wildman–Crippen MR) is 86.1 cm³/mol. The van der Waals surface area contributed by atoms with Gasteiger partial charge in [0, 0.05) is 24.3 Å². The van der Waals surface area contributed by atoms with Crippen LogP contribution >= 0.6 is 0 Å². The van der Waals surface area contributed by atoms with Gasteiger partial charge in [-0.1, -0.05) is 50.2 Å². The van der Waals surface area contributed by atoms with Gasteiger partial charge in [-0.3, -0.25) is 0 Å². The highest BCUT2D eigenvalue weighted by atomic mass is 15.2. The Bertz CT molecular complexity index is 701. The summed E-state index contributed by atoms with van der Waals surface area (Å²) in [5, 5.41) is 8.07. The number of hydrogen-bond donors (Lipinski definition) is 1. The number of nitrogens with zero attached hydrogens (tertiary/aromatic N) is 2. The molecule has 1 N–H and O–H groups in total. The van der Waals surface area contributed by atoms with Crippen molar-refractivity contribution in [2.24, 2.45) is 5.92 Å². The predicted octanol–water partition coefficient (Wildman–Crippen LogP) is 3.82. The van der Waals surface area contributed by atoms with Crippen LogP contribution in [0, 0.1) is 5.92 Å². The number of aromatic nitrogens is 2. The average Bonchev–Trinajstić information content (AvgIpc) is 2.92. The van der Waals surface area contributed by atoms with Crippen LogP contribution in [0.25, 0.3) is 5.52 Å². The van der Waals surface area contributed by atoms with E-state index in [0.29, 0.717) is 12.0 Å². The lowest BCUT2D eigenvalue weighted by molar-refractivity contribution is 0.411. The van der Waals surface area contributed by atoms with Gasteiger partial charge in [0.05, 0.1) is 11.7 Å². The fourth-order valence-corrected chi connectivity index (χ4v) is 2.74. The molecule has 108 valence electrons. The summed E-state index contributed by atoms with van der Waals surface area (Å²) in [5.74, 6) is 0.536. The standard InChI is InChI=1S/C18H21N3/c1-14(2)18(15-8-4-3-5-9-15)19-12-16-13-20-21-11-7-6-10-17(16)21/h3-11,13-14,18-19H,12H2,1-2H3. The van der Waals surface area contributed by atoms with Crippen LogP contribution in [0.3, 0.4) is 0 Å². The number of hydrogen-bond acceptors (Lipinski definition) is 2. The molecule has 0 aliphatic rings. The van der Waals surface area contributed by atoms with E-state index >= 15 is 0 Å². The Morgan fingerprint density at radius 2 is 1.81 bits per heavy atom. The van der Waals surface area contributed by atoms with E-state index in [9.17, 15) is 0 Å². The molecule has 2 heterocycles. The molecule has 0 spiro atoms. The third-order valence-corrected chi connectivity index (χ3v) is 3.84. The number of fused-ring (bicyclic) bond motifs is 1. The number of pyridine rings is 1. The summed E-state index contributed by atoms with van der Waals surface area (Å²) < 4.78 is 1.92. The third kappa shape index (κ3) is 2.98. The maximum atomic E-state index is 4.39. The van der Waals surface area contributed by atoms with Crippen LogP contribution in [0.4, 0.5) is 0 Å². The largest absolute Gasteiger partial charge is 0.305 e. The quantitative estimate of drug-likeness (QED) is 0.769. The molecule has 0 fully saturated rings. The molecule has 0 saturated carbocycles. The highest BCUT2D eigenvalue weighted by Crippen LogP contribution is 2.22. The summed E-state index contributed by atoms with van der Waals surface area (Å²) in [4.78, 5) is 0. The molecule has 21 heavy (non-hydrogen) atoms. The maximum absolute atomic E-state index is 4.39. The molecule has 1 aromatic carbocycles. The Morgan fingerprint density at radius 1 is 1.05 bits per heavy atom. The van der Waals surface area contributed by atoms with E-state index in [4.69, 9.17) is 0 Å². The fourth-order valence-electron chi connectivity index (χ4n) is 2.74. The lowest BCUT2D eigenvalue weighted by atomic mass is 9.96. The van der Waals surface area contributed by atoms with E-state index in [2.05, 4.69) is 66.7 Å². The van der Waals surface area contributed by atoms with Gasteiger partial charge in [0.15, 0.2) is 0 Å². The number of benzene rings is 1. The second-order valence-electron chi connectivity index (χ2n) is 5.71. The summed E-state index contributed by atoms with van der Waals surface area (Å²) in [5.41, 5.74) is 3.74. The molecular formula is C18H21N3. The van der Waals surface area contributed by atoms with Gasteiger partial charge in [-0.25, -0.2) is 4.52 Å². The van der Waals surface area contributed by atoms with Crippen LogP contribution in [0.5, 0.6) is 0 Å². The first-order valence-corrected chi connectivity index (χ1v) is 7.45. The monoisotopic (exact) mass is 279 g/mol. The zero-order chi connectivity index (χ0) is 14.7. The molecule has 0 aliphatic carbocycles. The molecular weight excluding hydrogens is 258 g/mol. The smallest absolute Gasteiger partial charge is 0.0706 e. The van der Waals surface area contributed by atoms with E-state index in [-0.39, 0.29) is 0 Å². The first-order chi connectivity index (χ1) is 10.3. The van der Waals surface area contributed by atoms with Crippen LogP contribution in [0.15, 0.2) is 60.9 Å². The summed E-state index contributed by atoms with van der Waals surface area (Å²) in [7, 11) is 0. The molecule has 2 aromatic heterocycles. The first kappa shape index (κ1) is 13.8. The summed E-state index contributed by atoms with van der Waals surface area (Å²) in [6, 6.07) is 17.1. The molecule has 3 aromatic rings. The Kier molecular flexibility index (Phi) is 4.02. The Balaban J connectivity index is 1.79. The molecule has 0 saturated heterocycles. The normalized spacial score (nSPS) is 12.9. The van der Waals surface area contributed by atoms with Crippen LogP contribution in [-0.2, 0) is 6.54 Å². The van der Waals surface area contributed by atoms with Gasteiger partial charge >= 0.3 is 0 Å². The Labute approximate surface area is 125 Å². The lowest BCUT2D eigenvalue weighted by Gasteiger charge is -2.22. The first-order valence-electron chi connectivity index (χ1n) is 7.45. The van der Waals surface area contributed by atoms with Gasteiger partial charge in [-0.2, -0.15) is 5.10 Å². The molecule has 0 amide bonds. The van der Waals surface area contributed by atoms with Crippen molar-refractivity contribution in [3.05, 3.63) is 72.1 Å². The van der Waals surface area contributed by atoms with Gasteiger partial charge in [-0.05, 0) is 23.6 Å². The van der Waals surface area contributed by atoms with Crippen molar-refractivity contribution in [2.45, 2.75) is 26.4 Å². The van der Waals surface area contributed by atoms with Crippen molar-refractivity contribution < 1.29 is 0 Å². The van der Waals surface area contributed by atoms with Crippen LogP contribution in [0.2, 0.25) is 0 Å². The topological polar surface area (TPSA) is 29.3 Å². The number of nitrogens with one attached hydrogen (secondary N) is 1. The van der Waals surface area contributed by atoms with Gasteiger partial charge in [0.1, 0.15) is 0 Å². The molecule has 3 rings (SSSR count). The fraction of sp³-hybridized carbons (Fsp3) is 0.278. The van der Waals surface area contributed by atoms with Crippen molar-refractivity contribution >= 4 is 5.52 Å². The van der Waals surface area contributed by atoms with E-state index in [0.717, 1.165) is 6.54 Å². The molecule has 3 nitrogen and oxygen atoms in total. The molecule has 3 heteroatoms. The SMILES string of the molecule is CC(C)C(NCc1cnn2ccccc12)c1ccccc1. The zero-order valence-electron chi connectivity index (χ0n) is 12.5. The maximum Gasteiger partial charge on any atom is 0.0706 e. The summed E-state index contributed by atoms with van der Waals surface area (Å²) in [6.07, 6.45) is 3.93. The molecule has 0 radical (unpaired) electrons. The van der Waals surface area contributed by atoms with Gasteiger partial charge < -0.3 is 5.32 Å². The second-order valence-corrected chi connectivity index (χ2v) is 5.71. The molecule has 1 atom stereocenters.